The van der Waals surface area contributed by atoms with E-state index < -0.39 is 0 Å². The van der Waals surface area contributed by atoms with Gasteiger partial charge in [0.05, 0.1) is 5.92 Å². The number of hydrogen-bond donors (Lipinski definition) is 1. The zero-order chi connectivity index (χ0) is 10.8. The molecular formula is C13H17NO. The summed E-state index contributed by atoms with van der Waals surface area (Å²) in [6, 6.07) is 8.47. The van der Waals surface area contributed by atoms with E-state index in [1.807, 2.05) is 19.1 Å². The van der Waals surface area contributed by atoms with Gasteiger partial charge in [0.25, 0.3) is 0 Å². The molecule has 0 bridgehead atoms. The van der Waals surface area contributed by atoms with Gasteiger partial charge >= 0.3 is 0 Å². The van der Waals surface area contributed by atoms with Crippen molar-refractivity contribution in [3.8, 4) is 0 Å². The first-order valence-corrected chi connectivity index (χ1v) is 5.60. The molecule has 0 saturated carbocycles. The zero-order valence-corrected chi connectivity index (χ0v) is 9.29. The molecule has 2 heteroatoms. The van der Waals surface area contributed by atoms with Crippen molar-refractivity contribution in [2.45, 2.75) is 38.6 Å². The summed E-state index contributed by atoms with van der Waals surface area (Å²) in [5, 5.41) is 3.03. The van der Waals surface area contributed by atoms with Crippen LogP contribution in [0, 0.1) is 0 Å². The van der Waals surface area contributed by atoms with Gasteiger partial charge in [-0.3, -0.25) is 4.79 Å². The summed E-state index contributed by atoms with van der Waals surface area (Å²) < 4.78 is 0. The number of fused-ring (bicyclic) bond motifs is 1. The van der Waals surface area contributed by atoms with Crippen LogP contribution in [0.15, 0.2) is 24.3 Å². The molecule has 0 heterocycles. The van der Waals surface area contributed by atoms with E-state index in [0.29, 0.717) is 0 Å². The standard InChI is InChI=1S/C13H17NO/c1-3-9(2)14-13(15)12-8-10-6-4-5-7-11(10)12/h4-7,9,12H,3,8H2,1-2H3,(H,14,15). The molecule has 1 aromatic carbocycles. The molecule has 2 nitrogen and oxygen atoms in total. The van der Waals surface area contributed by atoms with Crippen molar-refractivity contribution in [3.05, 3.63) is 35.4 Å². The number of carbonyl (C=O) groups excluding carboxylic acids is 1. The smallest absolute Gasteiger partial charge is 0.228 e. The van der Waals surface area contributed by atoms with Crippen LogP contribution in [0.4, 0.5) is 0 Å². The van der Waals surface area contributed by atoms with Gasteiger partial charge in [-0.2, -0.15) is 0 Å². The minimum absolute atomic E-state index is 0.0928. The van der Waals surface area contributed by atoms with E-state index in [1.54, 1.807) is 0 Å². The number of amides is 1. The summed E-state index contributed by atoms with van der Waals surface area (Å²) in [6.45, 7) is 4.13. The van der Waals surface area contributed by atoms with Crippen molar-refractivity contribution < 1.29 is 4.79 Å². The first kappa shape index (κ1) is 10.2. The lowest BCUT2D eigenvalue weighted by Crippen LogP contribution is -2.39. The van der Waals surface area contributed by atoms with Crippen LogP contribution in [0.5, 0.6) is 0 Å². The van der Waals surface area contributed by atoms with Crippen LogP contribution in [-0.4, -0.2) is 11.9 Å². The predicted molar refractivity (Wildman–Crippen MR) is 60.8 cm³/mol. The third kappa shape index (κ3) is 1.89. The minimum Gasteiger partial charge on any atom is -0.353 e. The Morgan fingerprint density at radius 3 is 2.93 bits per heavy atom. The molecule has 2 atom stereocenters. The summed E-state index contributed by atoms with van der Waals surface area (Å²) in [4.78, 5) is 11.8. The van der Waals surface area contributed by atoms with E-state index in [-0.39, 0.29) is 17.9 Å². The predicted octanol–water partition coefficient (Wildman–Crippen LogP) is 2.24. The number of benzene rings is 1. The van der Waals surface area contributed by atoms with Gasteiger partial charge in [-0.1, -0.05) is 31.2 Å². The molecule has 0 spiro atoms. The van der Waals surface area contributed by atoms with E-state index in [4.69, 9.17) is 0 Å². The molecule has 1 amide bonds. The molecular weight excluding hydrogens is 186 g/mol. The van der Waals surface area contributed by atoms with Crippen LogP contribution < -0.4 is 5.32 Å². The van der Waals surface area contributed by atoms with Crippen molar-refractivity contribution in [2.75, 3.05) is 0 Å². The first-order chi connectivity index (χ1) is 7.22. The Hall–Kier alpha value is -1.31. The van der Waals surface area contributed by atoms with Gasteiger partial charge in [0.1, 0.15) is 0 Å². The number of rotatable bonds is 3. The highest BCUT2D eigenvalue weighted by Gasteiger charge is 2.31. The quantitative estimate of drug-likeness (QED) is 0.802. The molecule has 1 aliphatic carbocycles. The van der Waals surface area contributed by atoms with Gasteiger partial charge in [-0.25, -0.2) is 0 Å². The highest BCUT2D eigenvalue weighted by Crippen LogP contribution is 2.34. The van der Waals surface area contributed by atoms with Gasteiger partial charge in [0.15, 0.2) is 0 Å². The molecule has 0 fully saturated rings. The Labute approximate surface area is 90.7 Å². The molecule has 0 radical (unpaired) electrons. The molecule has 80 valence electrons. The highest BCUT2D eigenvalue weighted by molar-refractivity contribution is 5.87. The second-order valence-electron chi connectivity index (χ2n) is 4.27. The van der Waals surface area contributed by atoms with E-state index in [1.165, 1.54) is 11.1 Å². The third-order valence-corrected chi connectivity index (χ3v) is 3.17. The Morgan fingerprint density at radius 1 is 1.53 bits per heavy atom. The summed E-state index contributed by atoms with van der Waals surface area (Å²) in [6.07, 6.45) is 1.89. The Bertz CT molecular complexity index is 373. The third-order valence-electron chi connectivity index (χ3n) is 3.17. The Morgan fingerprint density at radius 2 is 2.27 bits per heavy atom. The SMILES string of the molecule is CCC(C)NC(=O)C1Cc2ccccc21. The Balaban J connectivity index is 2.01. The van der Waals surface area contributed by atoms with Gasteiger partial charge < -0.3 is 5.32 Å². The second-order valence-corrected chi connectivity index (χ2v) is 4.27. The molecule has 0 aromatic heterocycles. The average Bonchev–Trinajstić information content (AvgIpc) is 2.19. The van der Waals surface area contributed by atoms with E-state index in [2.05, 4.69) is 24.4 Å². The molecule has 0 saturated heterocycles. The van der Waals surface area contributed by atoms with Gasteiger partial charge in [-0.15, -0.1) is 0 Å². The topological polar surface area (TPSA) is 29.1 Å². The van der Waals surface area contributed by atoms with Gasteiger partial charge in [0.2, 0.25) is 5.91 Å². The molecule has 1 N–H and O–H groups in total. The van der Waals surface area contributed by atoms with E-state index in [9.17, 15) is 4.79 Å². The molecule has 1 aromatic rings. The van der Waals surface area contributed by atoms with E-state index >= 15 is 0 Å². The maximum absolute atomic E-state index is 11.8. The number of hydrogen-bond acceptors (Lipinski definition) is 1. The molecule has 15 heavy (non-hydrogen) atoms. The molecule has 1 aliphatic rings. The second kappa shape index (κ2) is 4.05. The molecule has 0 aliphatic heterocycles. The van der Waals surface area contributed by atoms with E-state index in [0.717, 1.165) is 12.8 Å². The van der Waals surface area contributed by atoms with Crippen LogP contribution >= 0.6 is 0 Å². The normalized spacial score (nSPS) is 20.0. The summed E-state index contributed by atoms with van der Waals surface area (Å²) in [5.74, 6) is 0.276. The fourth-order valence-corrected chi connectivity index (χ4v) is 1.94. The fourth-order valence-electron chi connectivity index (χ4n) is 1.94. The van der Waals surface area contributed by atoms with Crippen LogP contribution in [0.25, 0.3) is 0 Å². The van der Waals surface area contributed by atoms with Crippen molar-refractivity contribution in [1.82, 2.24) is 5.32 Å². The summed E-state index contributed by atoms with van der Waals surface area (Å²) in [5.41, 5.74) is 2.53. The van der Waals surface area contributed by atoms with Crippen molar-refractivity contribution in [1.29, 1.82) is 0 Å². The van der Waals surface area contributed by atoms with Crippen molar-refractivity contribution in [2.24, 2.45) is 0 Å². The lowest BCUT2D eigenvalue weighted by molar-refractivity contribution is -0.123. The van der Waals surface area contributed by atoms with Crippen molar-refractivity contribution in [3.63, 3.8) is 0 Å². The van der Waals surface area contributed by atoms with Crippen LogP contribution in [-0.2, 0) is 11.2 Å². The lowest BCUT2D eigenvalue weighted by atomic mass is 9.77. The fraction of sp³-hybridized carbons (Fsp3) is 0.462. The van der Waals surface area contributed by atoms with Crippen LogP contribution in [0.2, 0.25) is 0 Å². The highest BCUT2D eigenvalue weighted by atomic mass is 16.1. The number of carbonyl (C=O) groups is 1. The largest absolute Gasteiger partial charge is 0.353 e. The first-order valence-electron chi connectivity index (χ1n) is 5.60. The average molecular weight is 203 g/mol. The number of nitrogens with one attached hydrogen (secondary N) is 1. The molecule has 2 unspecified atom stereocenters. The maximum Gasteiger partial charge on any atom is 0.228 e. The Kier molecular flexibility index (Phi) is 2.76. The summed E-state index contributed by atoms with van der Waals surface area (Å²) >= 11 is 0. The van der Waals surface area contributed by atoms with Gasteiger partial charge in [0, 0.05) is 6.04 Å². The summed E-state index contributed by atoms with van der Waals surface area (Å²) in [7, 11) is 0. The maximum atomic E-state index is 11.8. The zero-order valence-electron chi connectivity index (χ0n) is 9.29. The van der Waals surface area contributed by atoms with Crippen molar-refractivity contribution >= 4 is 5.91 Å². The lowest BCUT2D eigenvalue weighted by Gasteiger charge is -2.29. The monoisotopic (exact) mass is 203 g/mol. The molecule has 2 rings (SSSR count). The van der Waals surface area contributed by atoms with Gasteiger partial charge in [-0.05, 0) is 30.9 Å². The van der Waals surface area contributed by atoms with Crippen LogP contribution in [0.3, 0.4) is 0 Å². The minimum atomic E-state index is 0.0928. The van der Waals surface area contributed by atoms with Crippen LogP contribution in [0.1, 0.15) is 37.3 Å².